The van der Waals surface area contributed by atoms with Crippen LogP contribution in [0.3, 0.4) is 0 Å². The highest BCUT2D eigenvalue weighted by molar-refractivity contribution is 5.90. The van der Waals surface area contributed by atoms with Gasteiger partial charge >= 0.3 is 0 Å². The van der Waals surface area contributed by atoms with Crippen LogP contribution in [0.1, 0.15) is 28.7 Å². The third-order valence-corrected chi connectivity index (χ3v) is 6.07. The second kappa shape index (κ2) is 8.25. The number of fused-ring (bicyclic) bond motifs is 3. The second-order valence-corrected chi connectivity index (χ2v) is 8.32. The number of rotatable bonds is 4. The number of hydrogen-bond acceptors (Lipinski definition) is 5. The lowest BCUT2D eigenvalue weighted by Crippen LogP contribution is -2.33. The summed E-state index contributed by atoms with van der Waals surface area (Å²) >= 11 is 0. The average molecular weight is 446 g/mol. The first-order chi connectivity index (χ1) is 15.9. The number of aromatic nitrogens is 4. The monoisotopic (exact) mass is 446 g/mol. The number of benzene rings is 1. The standard InChI is InChI=1S/C24H23FN6O2/c1-14-12-30(7-5-17(14)16-10-27-22(28-11-16)24(33)26-2)13-15-3-4-20-19(9-15)29-23(32)21-18(25)6-8-31(20)21/h3-6,8-11,14H,7,12-13H2,1-2H3,(H,26,33)(H,29,32). The average Bonchev–Trinajstić information content (AvgIpc) is 3.21. The number of nitrogens with one attached hydrogen (secondary N) is 2. The van der Waals surface area contributed by atoms with Crippen molar-refractivity contribution in [1.82, 2.24) is 29.6 Å². The zero-order valence-electron chi connectivity index (χ0n) is 18.3. The van der Waals surface area contributed by atoms with Gasteiger partial charge in [0, 0.05) is 50.8 Å². The SMILES string of the molecule is CNC(=O)c1ncc(C2=CCN(Cc3ccc4c(c3)[nH]c(=O)c3c(F)ccn34)CC2C)cn1. The predicted octanol–water partition coefficient (Wildman–Crippen LogP) is 2.60. The lowest BCUT2D eigenvalue weighted by molar-refractivity contribution is 0.0952. The molecule has 1 atom stereocenters. The minimum absolute atomic E-state index is 0.0325. The topological polar surface area (TPSA) is 95.4 Å². The van der Waals surface area contributed by atoms with Gasteiger partial charge in [0.1, 0.15) is 5.52 Å². The molecule has 1 aliphatic heterocycles. The van der Waals surface area contributed by atoms with Gasteiger partial charge in [0.05, 0.1) is 11.0 Å². The lowest BCUT2D eigenvalue weighted by atomic mass is 9.92. The summed E-state index contributed by atoms with van der Waals surface area (Å²) < 4.78 is 15.5. The fraction of sp³-hybridized carbons (Fsp3) is 0.250. The molecule has 9 heteroatoms. The third-order valence-electron chi connectivity index (χ3n) is 6.07. The normalized spacial score (nSPS) is 16.8. The van der Waals surface area contributed by atoms with Crippen molar-refractivity contribution in [3.8, 4) is 0 Å². The van der Waals surface area contributed by atoms with E-state index in [0.29, 0.717) is 5.52 Å². The Morgan fingerprint density at radius 2 is 2.06 bits per heavy atom. The van der Waals surface area contributed by atoms with Crippen molar-refractivity contribution < 1.29 is 9.18 Å². The second-order valence-electron chi connectivity index (χ2n) is 8.32. The van der Waals surface area contributed by atoms with E-state index >= 15 is 0 Å². The first-order valence-electron chi connectivity index (χ1n) is 10.7. The molecule has 0 saturated carbocycles. The van der Waals surface area contributed by atoms with E-state index in [0.717, 1.165) is 41.9 Å². The van der Waals surface area contributed by atoms with Gasteiger partial charge < -0.3 is 14.7 Å². The van der Waals surface area contributed by atoms with Crippen molar-refractivity contribution in [3.05, 3.63) is 82.1 Å². The Balaban J connectivity index is 1.35. The van der Waals surface area contributed by atoms with Gasteiger partial charge in [-0.2, -0.15) is 0 Å². The number of carbonyl (C=O) groups is 1. The van der Waals surface area contributed by atoms with Crippen molar-refractivity contribution in [1.29, 1.82) is 0 Å². The summed E-state index contributed by atoms with van der Waals surface area (Å²) in [5.74, 6) is -0.421. The van der Waals surface area contributed by atoms with E-state index in [4.69, 9.17) is 0 Å². The highest BCUT2D eigenvalue weighted by Gasteiger charge is 2.21. The maximum Gasteiger partial charge on any atom is 0.288 e. The molecule has 0 spiro atoms. The number of hydrogen-bond donors (Lipinski definition) is 2. The largest absolute Gasteiger partial charge is 0.352 e. The fourth-order valence-corrected chi connectivity index (χ4v) is 4.49. The molecular formula is C24H23FN6O2. The number of carbonyl (C=O) groups excluding carboxylic acids is 1. The number of nitrogens with zero attached hydrogens (tertiary/aromatic N) is 4. The maximum atomic E-state index is 13.9. The van der Waals surface area contributed by atoms with Gasteiger partial charge in [-0.15, -0.1) is 0 Å². The lowest BCUT2D eigenvalue weighted by Gasteiger charge is -2.31. The van der Waals surface area contributed by atoms with Gasteiger partial charge in [0.15, 0.2) is 5.82 Å². The van der Waals surface area contributed by atoms with Crippen LogP contribution in [-0.2, 0) is 6.54 Å². The van der Waals surface area contributed by atoms with E-state index in [1.54, 1.807) is 30.0 Å². The summed E-state index contributed by atoms with van der Waals surface area (Å²) in [6.45, 7) is 4.48. The Morgan fingerprint density at radius 1 is 1.27 bits per heavy atom. The molecule has 0 saturated heterocycles. The van der Waals surface area contributed by atoms with Crippen LogP contribution in [0.5, 0.6) is 0 Å². The Kier molecular flexibility index (Phi) is 5.26. The van der Waals surface area contributed by atoms with E-state index in [2.05, 4.69) is 38.2 Å². The minimum Gasteiger partial charge on any atom is -0.352 e. The van der Waals surface area contributed by atoms with Crippen molar-refractivity contribution in [2.45, 2.75) is 13.5 Å². The molecule has 1 aromatic carbocycles. The molecule has 0 fully saturated rings. The molecule has 5 rings (SSSR count). The van der Waals surface area contributed by atoms with Gasteiger partial charge in [-0.25, -0.2) is 14.4 Å². The van der Waals surface area contributed by atoms with E-state index in [1.807, 2.05) is 18.2 Å². The van der Waals surface area contributed by atoms with Crippen molar-refractivity contribution in [2.75, 3.05) is 20.1 Å². The van der Waals surface area contributed by atoms with Crippen molar-refractivity contribution in [3.63, 3.8) is 0 Å². The van der Waals surface area contributed by atoms with E-state index < -0.39 is 11.4 Å². The fourth-order valence-electron chi connectivity index (χ4n) is 4.49. The summed E-state index contributed by atoms with van der Waals surface area (Å²) in [6.07, 6.45) is 7.13. The van der Waals surface area contributed by atoms with E-state index in [9.17, 15) is 14.0 Å². The highest BCUT2D eigenvalue weighted by Crippen LogP contribution is 2.28. The third kappa shape index (κ3) is 3.80. The van der Waals surface area contributed by atoms with Gasteiger partial charge in [-0.05, 0) is 35.3 Å². The van der Waals surface area contributed by atoms with Crippen LogP contribution in [0, 0.1) is 11.7 Å². The Bertz CT molecular complexity index is 1450. The molecule has 4 aromatic rings. The quantitative estimate of drug-likeness (QED) is 0.503. The van der Waals surface area contributed by atoms with E-state index in [-0.39, 0.29) is 23.2 Å². The summed E-state index contributed by atoms with van der Waals surface area (Å²) in [7, 11) is 1.55. The smallest absolute Gasteiger partial charge is 0.288 e. The van der Waals surface area contributed by atoms with E-state index in [1.165, 1.54) is 6.07 Å². The highest BCUT2D eigenvalue weighted by atomic mass is 19.1. The number of aromatic amines is 1. The molecule has 168 valence electrons. The van der Waals surface area contributed by atoms with Crippen LogP contribution in [0.15, 0.2) is 53.7 Å². The Labute approximate surface area is 188 Å². The first kappa shape index (κ1) is 21.0. The molecule has 0 radical (unpaired) electrons. The molecule has 0 aliphatic carbocycles. The molecular weight excluding hydrogens is 423 g/mol. The summed E-state index contributed by atoms with van der Waals surface area (Å²) in [5, 5.41) is 2.52. The van der Waals surface area contributed by atoms with Crippen LogP contribution in [0.25, 0.3) is 22.1 Å². The van der Waals surface area contributed by atoms with Gasteiger partial charge in [-0.1, -0.05) is 19.1 Å². The van der Waals surface area contributed by atoms with Gasteiger partial charge in [0.2, 0.25) is 5.82 Å². The van der Waals surface area contributed by atoms with Gasteiger partial charge in [0.25, 0.3) is 11.5 Å². The Morgan fingerprint density at radius 3 is 2.79 bits per heavy atom. The Hall–Kier alpha value is -3.85. The molecule has 3 aromatic heterocycles. The predicted molar refractivity (Wildman–Crippen MR) is 123 cm³/mol. The van der Waals surface area contributed by atoms with Crippen LogP contribution >= 0.6 is 0 Å². The van der Waals surface area contributed by atoms with Crippen molar-refractivity contribution in [2.24, 2.45) is 5.92 Å². The molecule has 0 bridgehead atoms. The minimum atomic E-state index is -0.527. The summed E-state index contributed by atoms with van der Waals surface area (Å²) in [4.78, 5) is 37.4. The first-order valence-corrected chi connectivity index (χ1v) is 10.7. The zero-order valence-corrected chi connectivity index (χ0v) is 18.3. The van der Waals surface area contributed by atoms with Crippen LogP contribution in [0.4, 0.5) is 4.39 Å². The van der Waals surface area contributed by atoms with Gasteiger partial charge in [-0.3, -0.25) is 14.5 Å². The molecule has 1 unspecified atom stereocenters. The molecule has 8 nitrogen and oxygen atoms in total. The molecule has 4 heterocycles. The number of amides is 1. The zero-order chi connectivity index (χ0) is 23.1. The maximum absolute atomic E-state index is 13.9. The summed E-state index contributed by atoms with van der Waals surface area (Å²) in [5.41, 5.74) is 4.17. The molecule has 1 aliphatic rings. The summed E-state index contributed by atoms with van der Waals surface area (Å²) in [6, 6.07) is 7.16. The van der Waals surface area contributed by atoms with Crippen LogP contribution in [-0.4, -0.2) is 50.3 Å². The molecule has 33 heavy (non-hydrogen) atoms. The van der Waals surface area contributed by atoms with Crippen molar-refractivity contribution >= 4 is 28.0 Å². The number of H-pyrrole nitrogens is 1. The molecule has 1 amide bonds. The number of halogens is 1. The van der Waals surface area contributed by atoms with Crippen LogP contribution < -0.4 is 10.9 Å². The van der Waals surface area contributed by atoms with Crippen LogP contribution in [0.2, 0.25) is 0 Å². The molecule has 2 N–H and O–H groups in total.